The standard InChI is InChI=1S/C18H19NO4S/c1-5-9-19-17(20)16(24-18(19)21)11-13-7-8-14(15(10-13)22-4)23-12(3)6-2/h1,7-8,10-12H,6,9H2,2-4H3/b16-11-. The van der Waals surface area contributed by atoms with Crippen molar-refractivity contribution in [2.75, 3.05) is 13.7 Å². The number of thioether (sulfide) groups is 1. The lowest BCUT2D eigenvalue weighted by molar-refractivity contribution is -0.122. The van der Waals surface area contributed by atoms with Gasteiger partial charge < -0.3 is 9.47 Å². The number of benzene rings is 1. The van der Waals surface area contributed by atoms with E-state index >= 15 is 0 Å². The van der Waals surface area contributed by atoms with E-state index in [1.165, 1.54) is 0 Å². The zero-order chi connectivity index (χ0) is 17.7. The molecule has 1 atom stereocenters. The second-order valence-corrected chi connectivity index (χ2v) is 6.21. The van der Waals surface area contributed by atoms with Gasteiger partial charge in [0.25, 0.3) is 11.1 Å². The SMILES string of the molecule is C#CCN1C(=O)S/C(=C\c2ccc(OC(C)CC)c(OC)c2)C1=O. The van der Waals surface area contributed by atoms with Crippen molar-refractivity contribution in [1.82, 2.24) is 4.90 Å². The third kappa shape index (κ3) is 3.92. The lowest BCUT2D eigenvalue weighted by Gasteiger charge is -2.15. The summed E-state index contributed by atoms with van der Waals surface area (Å²) in [5.74, 6) is 3.16. The maximum atomic E-state index is 12.2. The van der Waals surface area contributed by atoms with E-state index in [2.05, 4.69) is 5.92 Å². The molecule has 1 unspecified atom stereocenters. The van der Waals surface area contributed by atoms with E-state index in [1.54, 1.807) is 25.3 Å². The maximum Gasteiger partial charge on any atom is 0.294 e. The Kier molecular flexibility index (Phi) is 5.93. The maximum absolute atomic E-state index is 12.2. The first-order valence-electron chi connectivity index (χ1n) is 7.53. The van der Waals surface area contributed by atoms with Crippen LogP contribution in [0.5, 0.6) is 11.5 Å². The van der Waals surface area contributed by atoms with Crippen molar-refractivity contribution in [2.24, 2.45) is 0 Å². The number of nitrogens with zero attached hydrogens (tertiary/aromatic N) is 1. The number of carbonyl (C=O) groups is 2. The molecule has 0 saturated carbocycles. The number of hydrogen-bond donors (Lipinski definition) is 0. The fraction of sp³-hybridized carbons (Fsp3) is 0.333. The summed E-state index contributed by atoms with van der Waals surface area (Å²) in [4.78, 5) is 25.4. The van der Waals surface area contributed by atoms with Crippen LogP contribution in [0.25, 0.3) is 6.08 Å². The van der Waals surface area contributed by atoms with Gasteiger partial charge in [-0.25, -0.2) is 0 Å². The van der Waals surface area contributed by atoms with Gasteiger partial charge in [0.15, 0.2) is 11.5 Å². The summed E-state index contributed by atoms with van der Waals surface area (Å²) in [6, 6.07) is 5.38. The van der Waals surface area contributed by atoms with Crippen molar-refractivity contribution in [3.63, 3.8) is 0 Å². The molecular weight excluding hydrogens is 326 g/mol. The Balaban J connectivity index is 2.26. The summed E-state index contributed by atoms with van der Waals surface area (Å²) in [6.45, 7) is 4.00. The predicted molar refractivity (Wildman–Crippen MR) is 94.9 cm³/mol. The Morgan fingerprint density at radius 2 is 2.12 bits per heavy atom. The van der Waals surface area contributed by atoms with Crippen LogP contribution >= 0.6 is 11.8 Å². The third-order valence-corrected chi connectivity index (χ3v) is 4.42. The van der Waals surface area contributed by atoms with Gasteiger partial charge in [-0.2, -0.15) is 0 Å². The molecule has 6 heteroatoms. The fourth-order valence-corrected chi connectivity index (χ4v) is 2.89. The smallest absolute Gasteiger partial charge is 0.294 e. The Bertz CT molecular complexity index is 720. The quantitative estimate of drug-likeness (QED) is 0.583. The highest BCUT2D eigenvalue weighted by Gasteiger charge is 2.34. The van der Waals surface area contributed by atoms with E-state index in [-0.39, 0.29) is 23.8 Å². The molecule has 0 radical (unpaired) electrons. The van der Waals surface area contributed by atoms with Crippen molar-refractivity contribution < 1.29 is 19.1 Å². The van der Waals surface area contributed by atoms with Crippen LogP contribution in [0.4, 0.5) is 4.79 Å². The van der Waals surface area contributed by atoms with E-state index < -0.39 is 0 Å². The molecule has 1 aromatic carbocycles. The number of carbonyl (C=O) groups excluding carboxylic acids is 2. The molecule has 1 heterocycles. The second kappa shape index (κ2) is 7.93. The van der Waals surface area contributed by atoms with Crippen molar-refractivity contribution in [2.45, 2.75) is 26.4 Å². The van der Waals surface area contributed by atoms with Gasteiger partial charge in [0.1, 0.15) is 0 Å². The molecule has 1 saturated heterocycles. The summed E-state index contributed by atoms with van der Waals surface area (Å²) in [5, 5.41) is -0.354. The molecule has 1 aliphatic heterocycles. The minimum absolute atomic E-state index is 0.0208. The highest BCUT2D eigenvalue weighted by atomic mass is 32.2. The van der Waals surface area contributed by atoms with E-state index in [1.807, 2.05) is 19.9 Å². The Labute approximate surface area is 146 Å². The highest BCUT2D eigenvalue weighted by molar-refractivity contribution is 8.18. The molecule has 2 rings (SSSR count). The van der Waals surface area contributed by atoms with Gasteiger partial charge in [0.05, 0.1) is 24.7 Å². The number of imide groups is 1. The van der Waals surface area contributed by atoms with E-state index in [4.69, 9.17) is 15.9 Å². The molecule has 0 N–H and O–H groups in total. The first-order valence-corrected chi connectivity index (χ1v) is 8.35. The highest BCUT2D eigenvalue weighted by Crippen LogP contribution is 2.34. The summed E-state index contributed by atoms with van der Waals surface area (Å²) in [5.41, 5.74) is 0.745. The van der Waals surface area contributed by atoms with Crippen molar-refractivity contribution in [1.29, 1.82) is 0 Å². The molecule has 126 valence electrons. The van der Waals surface area contributed by atoms with E-state index in [9.17, 15) is 9.59 Å². The molecule has 1 fully saturated rings. The lowest BCUT2D eigenvalue weighted by Crippen LogP contribution is -2.28. The summed E-state index contributed by atoms with van der Waals surface area (Å²) in [7, 11) is 1.56. The van der Waals surface area contributed by atoms with Gasteiger partial charge in [0, 0.05) is 0 Å². The van der Waals surface area contributed by atoms with Gasteiger partial charge in [-0.3, -0.25) is 14.5 Å². The molecule has 5 nitrogen and oxygen atoms in total. The Hall–Kier alpha value is -2.39. The van der Waals surface area contributed by atoms with Crippen LogP contribution in [0.3, 0.4) is 0 Å². The normalized spacial score (nSPS) is 17.1. The molecule has 0 aromatic heterocycles. The minimum atomic E-state index is -0.373. The van der Waals surface area contributed by atoms with Crippen molar-refractivity contribution in [3.8, 4) is 23.8 Å². The van der Waals surface area contributed by atoms with Gasteiger partial charge in [0.2, 0.25) is 0 Å². The minimum Gasteiger partial charge on any atom is -0.493 e. The summed E-state index contributed by atoms with van der Waals surface area (Å²) in [6.07, 6.45) is 7.79. The largest absolute Gasteiger partial charge is 0.493 e. The Morgan fingerprint density at radius 1 is 1.38 bits per heavy atom. The number of methoxy groups -OCH3 is 1. The van der Waals surface area contributed by atoms with Crippen LogP contribution in [0.15, 0.2) is 23.1 Å². The topological polar surface area (TPSA) is 55.8 Å². The first-order chi connectivity index (χ1) is 11.5. The van der Waals surface area contributed by atoms with Crippen LogP contribution in [0, 0.1) is 12.3 Å². The summed E-state index contributed by atoms with van der Waals surface area (Å²) < 4.78 is 11.1. The predicted octanol–water partition coefficient (Wildman–Crippen LogP) is 3.54. The van der Waals surface area contributed by atoms with Crippen LogP contribution in [-0.4, -0.2) is 35.8 Å². The Morgan fingerprint density at radius 3 is 2.75 bits per heavy atom. The monoisotopic (exact) mass is 345 g/mol. The van der Waals surface area contributed by atoms with Crippen LogP contribution in [-0.2, 0) is 4.79 Å². The molecule has 1 aliphatic rings. The molecular formula is C18H19NO4S. The molecule has 0 bridgehead atoms. The van der Waals surface area contributed by atoms with Gasteiger partial charge in [-0.15, -0.1) is 6.42 Å². The summed E-state index contributed by atoms with van der Waals surface area (Å²) >= 11 is 0.879. The number of amides is 2. The van der Waals surface area contributed by atoms with Gasteiger partial charge in [-0.05, 0) is 48.9 Å². The van der Waals surface area contributed by atoms with E-state index in [0.29, 0.717) is 16.4 Å². The average molecular weight is 345 g/mol. The fourth-order valence-electron chi connectivity index (χ4n) is 2.05. The molecule has 2 amide bonds. The third-order valence-electron chi connectivity index (χ3n) is 3.51. The second-order valence-electron chi connectivity index (χ2n) is 5.22. The average Bonchev–Trinajstić information content (AvgIpc) is 2.83. The van der Waals surface area contributed by atoms with Gasteiger partial charge in [-0.1, -0.05) is 18.9 Å². The van der Waals surface area contributed by atoms with Gasteiger partial charge >= 0.3 is 0 Å². The van der Waals surface area contributed by atoms with Crippen LogP contribution in [0.2, 0.25) is 0 Å². The van der Waals surface area contributed by atoms with Crippen LogP contribution in [0.1, 0.15) is 25.8 Å². The number of ether oxygens (including phenoxy) is 2. The molecule has 0 aliphatic carbocycles. The first kappa shape index (κ1) is 18.0. The number of hydrogen-bond acceptors (Lipinski definition) is 5. The van der Waals surface area contributed by atoms with Crippen molar-refractivity contribution >= 4 is 29.0 Å². The molecule has 0 spiro atoms. The van der Waals surface area contributed by atoms with Crippen molar-refractivity contribution in [3.05, 3.63) is 28.7 Å². The zero-order valence-corrected chi connectivity index (χ0v) is 14.7. The molecule has 24 heavy (non-hydrogen) atoms. The number of terminal acetylenes is 1. The number of rotatable bonds is 6. The molecule has 1 aromatic rings. The van der Waals surface area contributed by atoms with E-state index in [0.717, 1.165) is 28.6 Å². The lowest BCUT2D eigenvalue weighted by atomic mass is 10.1. The zero-order valence-electron chi connectivity index (χ0n) is 13.9. The van der Waals surface area contributed by atoms with Crippen LogP contribution < -0.4 is 9.47 Å².